The lowest BCUT2D eigenvalue weighted by atomic mass is 9.84. The van der Waals surface area contributed by atoms with E-state index in [-0.39, 0.29) is 30.6 Å². The van der Waals surface area contributed by atoms with Gasteiger partial charge in [0.2, 0.25) is 0 Å². The third kappa shape index (κ3) is 5.04. The van der Waals surface area contributed by atoms with Crippen molar-refractivity contribution in [3.8, 4) is 0 Å². The first-order chi connectivity index (χ1) is 10.3. The molecule has 2 heterocycles. The summed E-state index contributed by atoms with van der Waals surface area (Å²) in [5, 5.41) is 3.42. The van der Waals surface area contributed by atoms with E-state index in [2.05, 4.69) is 10.2 Å². The zero-order chi connectivity index (χ0) is 14.7. The van der Waals surface area contributed by atoms with Crippen LogP contribution in [0.3, 0.4) is 0 Å². The van der Waals surface area contributed by atoms with E-state index in [9.17, 15) is 4.39 Å². The molecule has 1 N–H and O–H groups in total. The monoisotopic (exact) mass is 364 g/mol. The van der Waals surface area contributed by atoms with Crippen molar-refractivity contribution < 1.29 is 9.13 Å². The van der Waals surface area contributed by atoms with Gasteiger partial charge in [0.05, 0.1) is 0 Å². The summed E-state index contributed by atoms with van der Waals surface area (Å²) in [5.74, 6) is 0.475. The van der Waals surface area contributed by atoms with Crippen molar-refractivity contribution in [3.63, 3.8) is 0 Å². The molecule has 0 aliphatic carbocycles. The fourth-order valence-electron chi connectivity index (χ4n) is 3.71. The summed E-state index contributed by atoms with van der Waals surface area (Å²) < 4.78 is 19.0. The second-order valence-corrected chi connectivity index (χ2v) is 6.18. The maximum absolute atomic E-state index is 13.5. The minimum absolute atomic E-state index is 0. The van der Waals surface area contributed by atoms with Crippen LogP contribution in [-0.2, 0) is 4.74 Å². The molecule has 0 amide bonds. The molecule has 3 nitrogen and oxygen atoms in total. The highest BCUT2D eigenvalue weighted by molar-refractivity contribution is 5.85. The van der Waals surface area contributed by atoms with Crippen molar-refractivity contribution in [2.24, 2.45) is 5.92 Å². The Morgan fingerprint density at radius 1 is 1.17 bits per heavy atom. The number of nitrogens with one attached hydrogen (secondary N) is 1. The number of hydrogen-bond donors (Lipinski definition) is 1. The largest absolute Gasteiger partial charge is 0.381 e. The molecule has 0 radical (unpaired) electrons. The summed E-state index contributed by atoms with van der Waals surface area (Å²) in [6, 6.07) is 5.67. The summed E-state index contributed by atoms with van der Waals surface area (Å²) in [5.41, 5.74) is 2.37. The first kappa shape index (κ1) is 20.7. The van der Waals surface area contributed by atoms with Crippen molar-refractivity contribution in [2.45, 2.75) is 25.8 Å². The van der Waals surface area contributed by atoms with Crippen LogP contribution in [0.5, 0.6) is 0 Å². The average Bonchev–Trinajstić information content (AvgIpc) is 2.52. The molecule has 1 atom stereocenters. The number of rotatable bonds is 3. The molecule has 0 saturated carbocycles. The number of aryl methyl sites for hydroxylation is 1. The highest BCUT2D eigenvalue weighted by Crippen LogP contribution is 2.36. The molecular weight excluding hydrogens is 338 g/mol. The minimum atomic E-state index is -0.137. The van der Waals surface area contributed by atoms with E-state index in [1.165, 1.54) is 5.56 Å². The van der Waals surface area contributed by atoms with E-state index in [4.69, 9.17) is 4.74 Å². The van der Waals surface area contributed by atoms with E-state index in [1.807, 2.05) is 13.0 Å². The van der Waals surface area contributed by atoms with Gasteiger partial charge in [-0.1, -0.05) is 6.07 Å². The van der Waals surface area contributed by atoms with Gasteiger partial charge in [0.1, 0.15) is 5.82 Å². The summed E-state index contributed by atoms with van der Waals surface area (Å²) in [4.78, 5) is 2.58. The number of benzene rings is 1. The number of halogens is 3. The van der Waals surface area contributed by atoms with Crippen LogP contribution in [-0.4, -0.2) is 44.3 Å². The Bertz CT molecular complexity index is 460. The summed E-state index contributed by atoms with van der Waals surface area (Å²) in [6.07, 6.45) is 2.21. The Balaban J connectivity index is 0.00000132. The molecule has 2 aliphatic heterocycles. The molecule has 0 spiro atoms. The summed E-state index contributed by atoms with van der Waals surface area (Å²) in [6.45, 7) is 7.96. The van der Waals surface area contributed by atoms with Crippen LogP contribution in [0.1, 0.15) is 30.0 Å². The highest BCUT2D eigenvalue weighted by atomic mass is 35.5. The number of piperazine rings is 1. The van der Waals surface area contributed by atoms with Crippen molar-refractivity contribution in [1.29, 1.82) is 0 Å². The van der Waals surface area contributed by atoms with Crippen molar-refractivity contribution in [1.82, 2.24) is 10.2 Å². The molecule has 1 aromatic carbocycles. The smallest absolute Gasteiger partial charge is 0.123 e. The topological polar surface area (TPSA) is 24.5 Å². The van der Waals surface area contributed by atoms with Gasteiger partial charge in [0, 0.05) is 45.4 Å². The van der Waals surface area contributed by atoms with Gasteiger partial charge in [-0.15, -0.1) is 24.8 Å². The normalized spacial score (nSPS) is 21.1. The quantitative estimate of drug-likeness (QED) is 0.889. The molecule has 132 valence electrons. The third-order valence-electron chi connectivity index (χ3n) is 4.81. The van der Waals surface area contributed by atoms with Gasteiger partial charge in [-0.25, -0.2) is 4.39 Å². The zero-order valence-electron chi connectivity index (χ0n) is 13.6. The Morgan fingerprint density at radius 2 is 1.83 bits per heavy atom. The minimum Gasteiger partial charge on any atom is -0.381 e. The van der Waals surface area contributed by atoms with Crippen molar-refractivity contribution in [2.75, 3.05) is 39.4 Å². The molecule has 23 heavy (non-hydrogen) atoms. The van der Waals surface area contributed by atoms with Gasteiger partial charge in [-0.05, 0) is 48.9 Å². The van der Waals surface area contributed by atoms with Crippen LogP contribution in [0.4, 0.5) is 4.39 Å². The van der Waals surface area contributed by atoms with Crippen LogP contribution in [0.15, 0.2) is 18.2 Å². The SMILES string of the molecule is Cc1cc(F)ccc1[C@@H](C1CCOCC1)N1CCNCC1.Cl.Cl. The molecule has 0 unspecified atom stereocenters. The van der Waals surface area contributed by atoms with Crippen molar-refractivity contribution in [3.05, 3.63) is 35.1 Å². The lowest BCUT2D eigenvalue weighted by Crippen LogP contribution is -2.47. The Labute approximate surface area is 150 Å². The molecule has 2 saturated heterocycles. The number of ether oxygens (including phenoxy) is 1. The predicted molar refractivity (Wildman–Crippen MR) is 96.4 cm³/mol. The Hall–Kier alpha value is -0.390. The summed E-state index contributed by atoms with van der Waals surface area (Å²) in [7, 11) is 0. The van der Waals surface area contributed by atoms with Gasteiger partial charge < -0.3 is 10.1 Å². The summed E-state index contributed by atoms with van der Waals surface area (Å²) >= 11 is 0. The lowest BCUT2D eigenvalue weighted by molar-refractivity contribution is 0.0211. The highest BCUT2D eigenvalue weighted by Gasteiger charge is 2.32. The Morgan fingerprint density at radius 3 is 2.43 bits per heavy atom. The average molecular weight is 365 g/mol. The lowest BCUT2D eigenvalue weighted by Gasteiger charge is -2.41. The van der Waals surface area contributed by atoms with Gasteiger partial charge in [0.15, 0.2) is 0 Å². The van der Waals surface area contributed by atoms with Crippen LogP contribution < -0.4 is 5.32 Å². The molecule has 1 aromatic rings. The third-order valence-corrected chi connectivity index (χ3v) is 4.81. The van der Waals surface area contributed by atoms with E-state index < -0.39 is 0 Å². The standard InChI is InChI=1S/C17H25FN2O.2ClH/c1-13-12-15(18)2-3-16(13)17(14-4-10-21-11-5-14)20-8-6-19-7-9-20;;/h2-3,12,14,17,19H,4-11H2,1H3;2*1H/t17-;;/m1../s1. The van der Waals surface area contributed by atoms with Crippen LogP contribution >= 0.6 is 24.8 Å². The first-order valence-corrected chi connectivity index (χ1v) is 8.04. The molecule has 2 fully saturated rings. The second-order valence-electron chi connectivity index (χ2n) is 6.18. The maximum atomic E-state index is 13.5. The fraction of sp³-hybridized carbons (Fsp3) is 0.647. The van der Waals surface area contributed by atoms with Crippen LogP contribution in [0, 0.1) is 18.7 Å². The fourth-order valence-corrected chi connectivity index (χ4v) is 3.71. The Kier molecular flexibility index (Phi) is 8.80. The van der Waals surface area contributed by atoms with Gasteiger partial charge in [0.25, 0.3) is 0 Å². The second kappa shape index (κ2) is 9.80. The van der Waals surface area contributed by atoms with Crippen LogP contribution in [0.25, 0.3) is 0 Å². The van der Waals surface area contributed by atoms with Crippen molar-refractivity contribution >= 4 is 24.8 Å². The molecule has 6 heteroatoms. The molecule has 0 bridgehead atoms. The molecule has 2 aliphatic rings. The zero-order valence-corrected chi connectivity index (χ0v) is 15.2. The first-order valence-electron chi connectivity index (χ1n) is 8.04. The molecule has 3 rings (SSSR count). The van der Waals surface area contributed by atoms with Gasteiger partial charge in [-0.2, -0.15) is 0 Å². The number of nitrogens with zero attached hydrogens (tertiary/aromatic N) is 1. The molecular formula is C17H27Cl2FN2O. The predicted octanol–water partition coefficient (Wildman–Crippen LogP) is 3.35. The van der Waals surface area contributed by atoms with Gasteiger partial charge in [-0.3, -0.25) is 4.90 Å². The van der Waals surface area contributed by atoms with E-state index in [0.29, 0.717) is 12.0 Å². The maximum Gasteiger partial charge on any atom is 0.123 e. The molecule has 0 aromatic heterocycles. The van der Waals surface area contributed by atoms with E-state index >= 15 is 0 Å². The van der Waals surface area contributed by atoms with E-state index in [0.717, 1.165) is 57.8 Å². The number of hydrogen-bond acceptors (Lipinski definition) is 3. The van der Waals surface area contributed by atoms with Gasteiger partial charge >= 0.3 is 0 Å². The van der Waals surface area contributed by atoms with Crippen LogP contribution in [0.2, 0.25) is 0 Å². The van der Waals surface area contributed by atoms with E-state index in [1.54, 1.807) is 12.1 Å².